The van der Waals surface area contributed by atoms with Crippen molar-refractivity contribution in [2.45, 2.75) is 32.6 Å². The van der Waals surface area contributed by atoms with E-state index in [1.54, 1.807) is 0 Å². The molecular formula is C19H30F2IN3O. The van der Waals surface area contributed by atoms with Crippen LogP contribution in [0, 0.1) is 17.6 Å². The molecule has 7 heteroatoms. The summed E-state index contributed by atoms with van der Waals surface area (Å²) in [7, 11) is 2.02. The van der Waals surface area contributed by atoms with Crippen LogP contribution in [0.4, 0.5) is 8.78 Å². The molecule has 0 spiro atoms. The number of rotatable bonds is 7. The molecule has 0 amide bonds. The average Bonchev–Trinajstić information content (AvgIpc) is 2.62. The van der Waals surface area contributed by atoms with E-state index in [9.17, 15) is 8.78 Å². The maximum atomic E-state index is 13.7. The van der Waals surface area contributed by atoms with Crippen molar-refractivity contribution in [2.75, 3.05) is 39.9 Å². The number of hydrogen-bond acceptors (Lipinski definition) is 2. The minimum absolute atomic E-state index is 0. The second kappa shape index (κ2) is 12.4. The molecule has 1 heterocycles. The van der Waals surface area contributed by atoms with Gasteiger partial charge in [0.05, 0.1) is 0 Å². The lowest BCUT2D eigenvalue weighted by atomic mass is 9.96. The van der Waals surface area contributed by atoms with Crippen molar-refractivity contribution in [3.8, 4) is 0 Å². The van der Waals surface area contributed by atoms with Crippen LogP contribution >= 0.6 is 24.0 Å². The molecule has 148 valence electrons. The molecular weight excluding hydrogens is 451 g/mol. The van der Waals surface area contributed by atoms with E-state index in [1.165, 1.54) is 12.1 Å². The summed E-state index contributed by atoms with van der Waals surface area (Å²) in [5.41, 5.74) is 0.365. The molecule has 1 fully saturated rings. The highest BCUT2D eigenvalue weighted by atomic mass is 127. The summed E-state index contributed by atoms with van der Waals surface area (Å²) in [6.07, 6.45) is 3.75. The van der Waals surface area contributed by atoms with Gasteiger partial charge in [0, 0.05) is 39.9 Å². The summed E-state index contributed by atoms with van der Waals surface area (Å²) in [4.78, 5) is 6.67. The number of benzene rings is 1. The lowest BCUT2D eigenvalue weighted by molar-refractivity contribution is 0.0625. The molecule has 1 saturated heterocycles. The fraction of sp³-hybridized carbons (Fsp3) is 0.632. The number of halogens is 3. The Hall–Kier alpha value is -0.960. The highest BCUT2D eigenvalue weighted by Gasteiger charge is 2.15. The largest absolute Gasteiger partial charge is 0.381 e. The summed E-state index contributed by atoms with van der Waals surface area (Å²) in [6.45, 7) is 5.86. The van der Waals surface area contributed by atoms with Crippen LogP contribution in [0.25, 0.3) is 0 Å². The van der Waals surface area contributed by atoms with Crippen LogP contribution in [0.2, 0.25) is 0 Å². The van der Waals surface area contributed by atoms with Crippen molar-refractivity contribution >= 4 is 29.9 Å². The maximum absolute atomic E-state index is 13.7. The van der Waals surface area contributed by atoms with Crippen LogP contribution in [0.1, 0.15) is 31.7 Å². The molecule has 0 saturated carbocycles. The van der Waals surface area contributed by atoms with E-state index >= 15 is 0 Å². The third-order valence-corrected chi connectivity index (χ3v) is 4.56. The van der Waals surface area contributed by atoms with Gasteiger partial charge in [-0.3, -0.25) is 4.99 Å². The lowest BCUT2D eigenvalue weighted by Crippen LogP contribution is -2.40. The van der Waals surface area contributed by atoms with Gasteiger partial charge in [0.15, 0.2) is 5.96 Å². The second-order valence-corrected chi connectivity index (χ2v) is 6.49. The molecule has 0 atom stereocenters. The Balaban J connectivity index is 0.00000338. The van der Waals surface area contributed by atoms with E-state index in [4.69, 9.17) is 4.74 Å². The van der Waals surface area contributed by atoms with Gasteiger partial charge in [-0.05, 0) is 62.3 Å². The van der Waals surface area contributed by atoms with E-state index in [0.717, 1.165) is 57.6 Å². The standard InChI is InChI=1S/C19H29F2N3O.HI/c1-3-22-19(24(2)11-7-15-8-12-25-13-9-15)23-10-6-16-14-17(20)4-5-18(16)21;/h4-5,14-15H,3,6-13H2,1-2H3,(H,22,23);1H. The fourth-order valence-corrected chi connectivity index (χ4v) is 3.00. The molecule has 1 aliphatic rings. The van der Waals surface area contributed by atoms with E-state index in [0.29, 0.717) is 24.4 Å². The molecule has 26 heavy (non-hydrogen) atoms. The SMILES string of the molecule is CCNC(=NCCc1cc(F)ccc1F)N(C)CCC1CCOCC1.I. The molecule has 0 bridgehead atoms. The van der Waals surface area contributed by atoms with Crippen LogP contribution in [0.3, 0.4) is 0 Å². The Bertz CT molecular complexity index is 566. The van der Waals surface area contributed by atoms with Crippen molar-refractivity contribution in [1.29, 1.82) is 0 Å². The predicted octanol–water partition coefficient (Wildman–Crippen LogP) is 3.84. The van der Waals surface area contributed by atoms with E-state index in [2.05, 4.69) is 15.2 Å². The first-order valence-electron chi connectivity index (χ1n) is 9.11. The zero-order valence-corrected chi connectivity index (χ0v) is 18.0. The Morgan fingerprint density at radius 2 is 2.04 bits per heavy atom. The summed E-state index contributed by atoms with van der Waals surface area (Å²) < 4.78 is 32.3. The number of ether oxygens (including phenoxy) is 1. The topological polar surface area (TPSA) is 36.9 Å². The Morgan fingerprint density at radius 3 is 2.73 bits per heavy atom. The molecule has 1 aromatic rings. The van der Waals surface area contributed by atoms with Crippen molar-refractivity contribution in [3.63, 3.8) is 0 Å². The van der Waals surface area contributed by atoms with Gasteiger partial charge in [0.1, 0.15) is 11.6 Å². The second-order valence-electron chi connectivity index (χ2n) is 6.49. The first kappa shape index (κ1) is 23.1. The molecule has 0 aromatic heterocycles. The van der Waals surface area contributed by atoms with Crippen LogP contribution in [-0.2, 0) is 11.2 Å². The van der Waals surface area contributed by atoms with Crippen LogP contribution in [-0.4, -0.2) is 50.8 Å². The number of nitrogens with one attached hydrogen (secondary N) is 1. The molecule has 2 rings (SSSR count). The predicted molar refractivity (Wildman–Crippen MR) is 112 cm³/mol. The monoisotopic (exact) mass is 481 g/mol. The number of aliphatic imine (C=N–C) groups is 1. The smallest absolute Gasteiger partial charge is 0.193 e. The third kappa shape index (κ3) is 7.73. The maximum Gasteiger partial charge on any atom is 0.193 e. The summed E-state index contributed by atoms with van der Waals surface area (Å²) in [5, 5.41) is 3.27. The molecule has 1 aromatic carbocycles. The minimum atomic E-state index is -0.416. The van der Waals surface area contributed by atoms with E-state index < -0.39 is 5.82 Å². The zero-order valence-electron chi connectivity index (χ0n) is 15.6. The third-order valence-electron chi connectivity index (χ3n) is 4.56. The summed E-state index contributed by atoms with van der Waals surface area (Å²) in [5.74, 6) is 0.724. The average molecular weight is 481 g/mol. The molecule has 0 unspecified atom stereocenters. The van der Waals surface area contributed by atoms with Crippen LogP contribution in [0.5, 0.6) is 0 Å². The first-order chi connectivity index (χ1) is 12.1. The molecule has 0 radical (unpaired) electrons. The van der Waals surface area contributed by atoms with Gasteiger partial charge < -0.3 is 15.0 Å². The highest BCUT2D eigenvalue weighted by Crippen LogP contribution is 2.18. The quantitative estimate of drug-likeness (QED) is 0.366. The fourth-order valence-electron chi connectivity index (χ4n) is 3.00. The first-order valence-corrected chi connectivity index (χ1v) is 9.11. The van der Waals surface area contributed by atoms with Gasteiger partial charge in [0.2, 0.25) is 0 Å². The molecule has 0 aliphatic carbocycles. The van der Waals surface area contributed by atoms with Crippen molar-refractivity contribution < 1.29 is 13.5 Å². The van der Waals surface area contributed by atoms with Gasteiger partial charge in [-0.1, -0.05) is 0 Å². The van der Waals surface area contributed by atoms with Gasteiger partial charge in [0.25, 0.3) is 0 Å². The summed E-state index contributed by atoms with van der Waals surface area (Å²) in [6, 6.07) is 3.54. The Labute approximate surface area is 172 Å². The van der Waals surface area contributed by atoms with Crippen molar-refractivity contribution in [1.82, 2.24) is 10.2 Å². The highest BCUT2D eigenvalue weighted by molar-refractivity contribution is 14.0. The summed E-state index contributed by atoms with van der Waals surface area (Å²) >= 11 is 0. The number of hydrogen-bond donors (Lipinski definition) is 1. The van der Waals surface area contributed by atoms with Gasteiger partial charge in [-0.25, -0.2) is 8.78 Å². The van der Waals surface area contributed by atoms with Gasteiger partial charge in [-0.2, -0.15) is 0 Å². The molecule has 4 nitrogen and oxygen atoms in total. The Kier molecular flexibility index (Phi) is 11.0. The minimum Gasteiger partial charge on any atom is -0.381 e. The number of guanidine groups is 1. The van der Waals surface area contributed by atoms with Crippen molar-refractivity contribution in [2.24, 2.45) is 10.9 Å². The van der Waals surface area contributed by atoms with Gasteiger partial charge >= 0.3 is 0 Å². The normalized spacial score (nSPS) is 15.5. The molecule has 1 aliphatic heterocycles. The van der Waals surface area contributed by atoms with Crippen LogP contribution in [0.15, 0.2) is 23.2 Å². The lowest BCUT2D eigenvalue weighted by Gasteiger charge is -2.26. The van der Waals surface area contributed by atoms with E-state index in [-0.39, 0.29) is 29.8 Å². The van der Waals surface area contributed by atoms with Crippen LogP contribution < -0.4 is 5.32 Å². The molecule has 1 N–H and O–H groups in total. The van der Waals surface area contributed by atoms with E-state index in [1.807, 2.05) is 14.0 Å². The zero-order chi connectivity index (χ0) is 18.1. The number of nitrogens with zero attached hydrogens (tertiary/aromatic N) is 2. The Morgan fingerprint density at radius 1 is 1.31 bits per heavy atom. The van der Waals surface area contributed by atoms with Crippen molar-refractivity contribution in [3.05, 3.63) is 35.4 Å². The van der Waals surface area contributed by atoms with Gasteiger partial charge in [-0.15, -0.1) is 24.0 Å².